The number of rotatable bonds is 7. The molecule has 4 aromatic rings. The molecule has 0 saturated carbocycles. The lowest BCUT2D eigenvalue weighted by Gasteiger charge is -2.05. The van der Waals surface area contributed by atoms with Gasteiger partial charge >= 0.3 is 5.97 Å². The Hall–Kier alpha value is -4.05. The highest BCUT2D eigenvalue weighted by Crippen LogP contribution is 2.27. The van der Waals surface area contributed by atoms with Crippen molar-refractivity contribution in [2.24, 2.45) is 0 Å². The van der Waals surface area contributed by atoms with E-state index in [1.54, 1.807) is 32.2 Å². The van der Waals surface area contributed by atoms with Crippen molar-refractivity contribution >= 4 is 38.6 Å². The first kappa shape index (κ1) is 22.2. The van der Waals surface area contributed by atoms with Crippen molar-refractivity contribution in [3.8, 4) is 5.75 Å². The van der Waals surface area contributed by atoms with Gasteiger partial charge in [-0.3, -0.25) is 14.9 Å². The van der Waals surface area contributed by atoms with E-state index in [1.807, 2.05) is 24.3 Å². The number of hydrogen-bond acceptors (Lipinski definition) is 8. The number of thiazole rings is 1. The highest BCUT2D eigenvalue weighted by molar-refractivity contribution is 7.22. The molecule has 0 bridgehead atoms. The van der Waals surface area contributed by atoms with Crippen LogP contribution in [0.5, 0.6) is 5.75 Å². The van der Waals surface area contributed by atoms with E-state index in [-0.39, 0.29) is 12.3 Å². The van der Waals surface area contributed by atoms with Crippen LogP contribution in [0.1, 0.15) is 39.2 Å². The first-order chi connectivity index (χ1) is 15.9. The van der Waals surface area contributed by atoms with Crippen molar-refractivity contribution in [1.29, 1.82) is 0 Å². The summed E-state index contributed by atoms with van der Waals surface area (Å²) < 4.78 is 10.9. The van der Waals surface area contributed by atoms with E-state index in [2.05, 4.69) is 20.3 Å². The molecule has 2 aromatic heterocycles. The van der Waals surface area contributed by atoms with Crippen LogP contribution in [0.25, 0.3) is 10.2 Å². The van der Waals surface area contributed by atoms with E-state index in [0.717, 1.165) is 22.1 Å². The Morgan fingerprint density at radius 2 is 1.88 bits per heavy atom. The maximum Gasteiger partial charge on any atom is 0.338 e. The normalized spacial score (nSPS) is 10.7. The van der Waals surface area contributed by atoms with Crippen LogP contribution in [-0.4, -0.2) is 40.5 Å². The van der Waals surface area contributed by atoms with Crippen LogP contribution in [-0.2, 0) is 11.2 Å². The average molecular weight is 465 g/mol. The molecule has 4 rings (SSSR count). The van der Waals surface area contributed by atoms with E-state index in [9.17, 15) is 14.4 Å². The Morgan fingerprint density at radius 3 is 2.61 bits per heavy atom. The summed E-state index contributed by atoms with van der Waals surface area (Å²) in [6, 6.07) is 13.4. The molecular weight excluding hydrogens is 444 g/mol. The van der Waals surface area contributed by atoms with Crippen LogP contribution in [0.4, 0.5) is 5.13 Å². The number of fused-ring (bicyclic) bond motifs is 1. The number of esters is 1. The topological polar surface area (TPSA) is 123 Å². The molecular formula is C23H20N4O5S. The van der Waals surface area contributed by atoms with Gasteiger partial charge in [0.25, 0.3) is 11.5 Å². The lowest BCUT2D eigenvalue weighted by atomic mass is 10.1. The molecule has 1 amide bonds. The number of nitrogens with one attached hydrogen (secondary N) is 2. The second-order valence-corrected chi connectivity index (χ2v) is 8.01. The number of ether oxygens (including phenoxy) is 2. The van der Waals surface area contributed by atoms with Gasteiger partial charge in [-0.25, -0.2) is 14.8 Å². The predicted molar refractivity (Wildman–Crippen MR) is 124 cm³/mol. The number of aromatic amines is 1. The Balaban J connectivity index is 1.52. The smallest absolute Gasteiger partial charge is 0.338 e. The van der Waals surface area contributed by atoms with Crippen molar-refractivity contribution in [2.75, 3.05) is 19.0 Å². The molecule has 0 spiro atoms. The monoisotopic (exact) mass is 464 g/mol. The number of carbonyl (C=O) groups is 2. The minimum Gasteiger partial charge on any atom is -0.497 e. The SMILES string of the molecule is CCOC(=O)c1ccc2nc(NC(=O)c3cc(=O)[nH]c(Cc4ccc(OC)cc4)n3)sc2c1. The fourth-order valence-electron chi connectivity index (χ4n) is 3.13. The first-order valence-electron chi connectivity index (χ1n) is 10.1. The summed E-state index contributed by atoms with van der Waals surface area (Å²) in [5.41, 5.74) is 1.49. The molecule has 0 fully saturated rings. The third-order valence-electron chi connectivity index (χ3n) is 4.67. The van der Waals surface area contributed by atoms with Crippen molar-refractivity contribution in [3.63, 3.8) is 0 Å². The zero-order valence-electron chi connectivity index (χ0n) is 17.9. The van der Waals surface area contributed by atoms with E-state index < -0.39 is 17.4 Å². The minimum atomic E-state index is -0.554. The van der Waals surface area contributed by atoms with Gasteiger partial charge in [-0.1, -0.05) is 23.5 Å². The summed E-state index contributed by atoms with van der Waals surface area (Å²) in [7, 11) is 1.58. The van der Waals surface area contributed by atoms with Crippen LogP contribution in [0.2, 0.25) is 0 Å². The lowest BCUT2D eigenvalue weighted by Crippen LogP contribution is -2.20. The maximum atomic E-state index is 12.7. The fraction of sp³-hybridized carbons (Fsp3) is 0.174. The van der Waals surface area contributed by atoms with Gasteiger partial charge in [0.15, 0.2) is 5.13 Å². The van der Waals surface area contributed by atoms with Crippen LogP contribution >= 0.6 is 11.3 Å². The van der Waals surface area contributed by atoms with Gasteiger partial charge in [0, 0.05) is 12.5 Å². The number of methoxy groups -OCH3 is 1. The second kappa shape index (κ2) is 9.61. The van der Waals surface area contributed by atoms with Crippen molar-refractivity contribution < 1.29 is 19.1 Å². The van der Waals surface area contributed by atoms with E-state index in [4.69, 9.17) is 9.47 Å². The van der Waals surface area contributed by atoms with Gasteiger partial charge in [-0.2, -0.15) is 0 Å². The number of H-pyrrole nitrogens is 1. The van der Waals surface area contributed by atoms with E-state index in [1.165, 1.54) is 11.3 Å². The lowest BCUT2D eigenvalue weighted by molar-refractivity contribution is 0.0526. The molecule has 0 unspecified atom stereocenters. The Morgan fingerprint density at radius 1 is 1.09 bits per heavy atom. The third-order valence-corrected chi connectivity index (χ3v) is 5.61. The highest BCUT2D eigenvalue weighted by Gasteiger charge is 2.15. The molecule has 168 valence electrons. The molecule has 9 nitrogen and oxygen atoms in total. The summed E-state index contributed by atoms with van der Waals surface area (Å²) in [6.45, 7) is 2.02. The van der Waals surface area contributed by atoms with E-state index >= 15 is 0 Å². The zero-order chi connectivity index (χ0) is 23.4. The Labute approximate surface area is 192 Å². The van der Waals surface area contributed by atoms with Gasteiger partial charge in [0.05, 0.1) is 29.5 Å². The van der Waals surface area contributed by atoms with Crippen LogP contribution in [0, 0.1) is 0 Å². The minimum absolute atomic E-state index is 0.0197. The number of anilines is 1. The quantitative estimate of drug-likeness (QED) is 0.402. The number of carbonyl (C=O) groups excluding carboxylic acids is 2. The number of hydrogen-bond donors (Lipinski definition) is 2. The Bertz CT molecular complexity index is 1380. The number of aromatic nitrogens is 3. The summed E-state index contributed by atoms with van der Waals surface area (Å²) in [6.07, 6.45) is 0.345. The van der Waals surface area contributed by atoms with Crippen molar-refractivity contribution in [1.82, 2.24) is 15.0 Å². The molecule has 0 aliphatic rings. The number of amides is 1. The van der Waals surface area contributed by atoms with Crippen LogP contribution in [0.3, 0.4) is 0 Å². The maximum absolute atomic E-state index is 12.7. The number of benzene rings is 2. The summed E-state index contributed by atoms with van der Waals surface area (Å²) in [4.78, 5) is 48.1. The molecule has 0 aliphatic carbocycles. The molecule has 0 radical (unpaired) electrons. The van der Waals surface area contributed by atoms with Gasteiger partial charge in [0.1, 0.15) is 17.3 Å². The largest absolute Gasteiger partial charge is 0.497 e. The highest BCUT2D eigenvalue weighted by atomic mass is 32.1. The van der Waals surface area contributed by atoms with Gasteiger partial charge in [0.2, 0.25) is 0 Å². The van der Waals surface area contributed by atoms with Crippen molar-refractivity contribution in [2.45, 2.75) is 13.3 Å². The van der Waals surface area contributed by atoms with Gasteiger partial charge < -0.3 is 14.5 Å². The van der Waals surface area contributed by atoms with E-state index in [0.29, 0.717) is 28.5 Å². The molecule has 2 N–H and O–H groups in total. The molecule has 33 heavy (non-hydrogen) atoms. The molecule has 0 saturated heterocycles. The van der Waals surface area contributed by atoms with Crippen LogP contribution in [0.15, 0.2) is 53.3 Å². The molecule has 10 heteroatoms. The molecule has 2 heterocycles. The second-order valence-electron chi connectivity index (χ2n) is 6.98. The number of nitrogens with zero attached hydrogens (tertiary/aromatic N) is 2. The molecule has 0 aliphatic heterocycles. The van der Waals surface area contributed by atoms with Crippen LogP contribution < -0.4 is 15.6 Å². The molecule has 0 atom stereocenters. The van der Waals surface area contributed by atoms with Gasteiger partial charge in [-0.05, 0) is 42.8 Å². The molecule has 2 aromatic carbocycles. The average Bonchev–Trinajstić information content (AvgIpc) is 3.20. The fourth-order valence-corrected chi connectivity index (χ4v) is 4.03. The zero-order valence-corrected chi connectivity index (χ0v) is 18.7. The summed E-state index contributed by atoms with van der Waals surface area (Å²) >= 11 is 1.21. The van der Waals surface area contributed by atoms with Crippen molar-refractivity contribution in [3.05, 3.63) is 81.5 Å². The predicted octanol–water partition coefficient (Wildman–Crippen LogP) is 3.41. The first-order valence-corrected chi connectivity index (χ1v) is 10.9. The summed E-state index contributed by atoms with van der Waals surface area (Å²) in [5, 5.41) is 3.00. The Kier molecular flexibility index (Phi) is 6.45. The van der Waals surface area contributed by atoms with Gasteiger partial charge in [-0.15, -0.1) is 0 Å². The standard InChI is InChI=1S/C23H20N4O5S/c1-3-32-22(30)14-6-9-16-18(11-14)33-23(25-16)27-21(29)17-12-20(28)26-19(24-17)10-13-4-7-15(31-2)8-5-13/h4-9,11-12H,3,10H2,1-2H3,(H,24,26,28)(H,25,27,29). The summed E-state index contributed by atoms with van der Waals surface area (Å²) in [5.74, 6) is 0.108. The third kappa shape index (κ3) is 5.24.